The number of amides is 1. The average Bonchev–Trinajstić information content (AvgIpc) is 2.56. The Bertz CT molecular complexity index is 411. The highest BCUT2D eigenvalue weighted by Gasteiger charge is 2.26. The van der Waals surface area contributed by atoms with Crippen LogP contribution in [0.1, 0.15) is 43.6 Å². The number of hydrogen-bond acceptors (Lipinski definition) is 3. The molecule has 2 atom stereocenters. The van der Waals surface area contributed by atoms with Crippen LogP contribution in [0, 0.1) is 11.8 Å². The van der Waals surface area contributed by atoms with Gasteiger partial charge in [-0.05, 0) is 31.1 Å². The van der Waals surface area contributed by atoms with Crippen LogP contribution in [0.4, 0.5) is 5.69 Å². The number of rotatable bonds is 2. The topological polar surface area (TPSA) is 72.9 Å². The Balaban J connectivity index is 2.03. The molecular weight excluding hydrogens is 228 g/mol. The zero-order chi connectivity index (χ0) is 13.3. The lowest BCUT2D eigenvalue weighted by molar-refractivity contribution is 0.0902. The number of nitrogens with zero attached hydrogens (tertiary/aromatic N) is 2. The van der Waals surface area contributed by atoms with Gasteiger partial charge in [-0.3, -0.25) is 9.48 Å². The van der Waals surface area contributed by atoms with Gasteiger partial charge in [0.05, 0.1) is 11.9 Å². The molecule has 2 unspecified atom stereocenters. The second-order valence-electron chi connectivity index (χ2n) is 5.66. The number of nitrogen functional groups attached to an aromatic ring is 1. The summed E-state index contributed by atoms with van der Waals surface area (Å²) < 4.78 is 1.53. The smallest absolute Gasteiger partial charge is 0.271 e. The van der Waals surface area contributed by atoms with Crippen molar-refractivity contribution in [1.82, 2.24) is 15.1 Å². The van der Waals surface area contributed by atoms with Crippen LogP contribution in [0.3, 0.4) is 0 Å². The third-order valence-electron chi connectivity index (χ3n) is 3.70. The third kappa shape index (κ3) is 2.66. The maximum absolute atomic E-state index is 12.2. The van der Waals surface area contributed by atoms with E-state index in [0.29, 0.717) is 23.2 Å². The summed E-state index contributed by atoms with van der Waals surface area (Å²) in [5, 5.41) is 7.08. The van der Waals surface area contributed by atoms with Crippen molar-refractivity contribution in [3.05, 3.63) is 11.9 Å². The van der Waals surface area contributed by atoms with Crippen molar-refractivity contribution < 1.29 is 4.79 Å². The first kappa shape index (κ1) is 12.9. The minimum atomic E-state index is -0.112. The highest BCUT2D eigenvalue weighted by Crippen LogP contribution is 2.28. The van der Waals surface area contributed by atoms with Crippen molar-refractivity contribution in [1.29, 1.82) is 0 Å². The number of aromatic nitrogens is 2. The van der Waals surface area contributed by atoms with E-state index < -0.39 is 0 Å². The lowest BCUT2D eigenvalue weighted by Gasteiger charge is -2.31. The predicted molar refractivity (Wildman–Crippen MR) is 71.1 cm³/mol. The number of aryl methyl sites for hydroxylation is 1. The van der Waals surface area contributed by atoms with Gasteiger partial charge in [0.15, 0.2) is 0 Å². The number of nitrogens with two attached hydrogens (primary N) is 1. The summed E-state index contributed by atoms with van der Waals surface area (Å²) in [5.74, 6) is 1.23. The van der Waals surface area contributed by atoms with Gasteiger partial charge in [-0.15, -0.1) is 0 Å². The van der Waals surface area contributed by atoms with E-state index in [0.717, 1.165) is 12.8 Å². The van der Waals surface area contributed by atoms with Gasteiger partial charge in [0.2, 0.25) is 0 Å². The molecule has 0 saturated heterocycles. The summed E-state index contributed by atoms with van der Waals surface area (Å²) in [5.41, 5.74) is 6.65. The van der Waals surface area contributed by atoms with Crippen molar-refractivity contribution in [3.63, 3.8) is 0 Å². The maximum atomic E-state index is 12.2. The third-order valence-corrected chi connectivity index (χ3v) is 3.70. The average molecular weight is 250 g/mol. The Morgan fingerprint density at radius 2 is 2.00 bits per heavy atom. The summed E-state index contributed by atoms with van der Waals surface area (Å²) >= 11 is 0. The van der Waals surface area contributed by atoms with Gasteiger partial charge >= 0.3 is 0 Å². The van der Waals surface area contributed by atoms with E-state index in [4.69, 9.17) is 5.73 Å². The summed E-state index contributed by atoms with van der Waals surface area (Å²) in [6.45, 7) is 4.49. The second kappa shape index (κ2) is 5.00. The van der Waals surface area contributed by atoms with Gasteiger partial charge in [-0.1, -0.05) is 13.8 Å². The van der Waals surface area contributed by atoms with Crippen LogP contribution in [-0.4, -0.2) is 21.7 Å². The predicted octanol–water partition coefficient (Wildman–Crippen LogP) is 1.56. The number of hydrogen-bond donors (Lipinski definition) is 2. The van der Waals surface area contributed by atoms with Crippen LogP contribution in [0.25, 0.3) is 0 Å². The summed E-state index contributed by atoms with van der Waals surface area (Å²) in [6.07, 6.45) is 4.86. The van der Waals surface area contributed by atoms with Crippen LogP contribution in [0.5, 0.6) is 0 Å². The molecule has 1 aliphatic rings. The zero-order valence-electron chi connectivity index (χ0n) is 11.3. The number of nitrogens with one attached hydrogen (secondary N) is 1. The van der Waals surface area contributed by atoms with Gasteiger partial charge in [0, 0.05) is 13.1 Å². The number of carbonyl (C=O) groups is 1. The fourth-order valence-corrected chi connectivity index (χ4v) is 3.05. The highest BCUT2D eigenvalue weighted by molar-refractivity contribution is 5.97. The molecule has 1 aromatic rings. The normalized spacial score (nSPS) is 28.1. The minimum Gasteiger partial charge on any atom is -0.396 e. The van der Waals surface area contributed by atoms with Gasteiger partial charge in [0.1, 0.15) is 5.69 Å². The SMILES string of the molecule is CC1CC(C)CC(NC(=O)c2c(N)cnn2C)C1. The standard InChI is InChI=1S/C13H22N4O/c1-8-4-9(2)6-10(5-8)16-13(18)12-11(14)7-15-17(12)3/h7-10H,4-6,14H2,1-3H3,(H,16,18). The van der Waals surface area contributed by atoms with Crippen LogP contribution in [0.15, 0.2) is 6.20 Å². The lowest BCUT2D eigenvalue weighted by atomic mass is 9.80. The van der Waals surface area contributed by atoms with E-state index >= 15 is 0 Å². The summed E-state index contributed by atoms with van der Waals surface area (Å²) in [7, 11) is 1.73. The Morgan fingerprint density at radius 3 is 2.50 bits per heavy atom. The molecule has 1 fully saturated rings. The molecule has 0 bridgehead atoms. The molecule has 1 saturated carbocycles. The minimum absolute atomic E-state index is 0.112. The van der Waals surface area contributed by atoms with E-state index in [2.05, 4.69) is 24.3 Å². The molecule has 18 heavy (non-hydrogen) atoms. The monoisotopic (exact) mass is 250 g/mol. The Labute approximate surface area is 108 Å². The highest BCUT2D eigenvalue weighted by atomic mass is 16.2. The molecule has 5 nitrogen and oxygen atoms in total. The van der Waals surface area contributed by atoms with Gasteiger partial charge in [0.25, 0.3) is 5.91 Å². The molecule has 100 valence electrons. The van der Waals surface area contributed by atoms with Crippen LogP contribution in [0.2, 0.25) is 0 Å². The number of anilines is 1. The fraction of sp³-hybridized carbons (Fsp3) is 0.692. The maximum Gasteiger partial charge on any atom is 0.271 e. The van der Waals surface area contributed by atoms with Crippen molar-refractivity contribution in [2.24, 2.45) is 18.9 Å². The molecule has 0 spiro atoms. The second-order valence-corrected chi connectivity index (χ2v) is 5.66. The first-order chi connectivity index (χ1) is 8.47. The molecule has 1 heterocycles. The van der Waals surface area contributed by atoms with E-state index in [1.54, 1.807) is 7.05 Å². The number of carbonyl (C=O) groups excluding carboxylic acids is 1. The molecule has 0 radical (unpaired) electrons. The first-order valence-corrected chi connectivity index (χ1v) is 6.55. The Morgan fingerprint density at radius 1 is 1.39 bits per heavy atom. The van der Waals surface area contributed by atoms with E-state index in [1.165, 1.54) is 17.3 Å². The van der Waals surface area contributed by atoms with E-state index in [-0.39, 0.29) is 11.9 Å². The largest absolute Gasteiger partial charge is 0.396 e. The van der Waals surface area contributed by atoms with Crippen molar-refractivity contribution in [2.75, 3.05) is 5.73 Å². The molecule has 0 aliphatic heterocycles. The van der Waals surface area contributed by atoms with Crippen LogP contribution >= 0.6 is 0 Å². The van der Waals surface area contributed by atoms with Crippen molar-refractivity contribution in [3.8, 4) is 0 Å². The van der Waals surface area contributed by atoms with Gasteiger partial charge < -0.3 is 11.1 Å². The molecule has 0 aromatic carbocycles. The molecule has 3 N–H and O–H groups in total. The molecule has 1 aromatic heterocycles. The van der Waals surface area contributed by atoms with Gasteiger partial charge in [-0.2, -0.15) is 5.10 Å². The molecule has 1 amide bonds. The summed E-state index contributed by atoms with van der Waals surface area (Å²) in [6, 6.07) is 0.255. The lowest BCUT2D eigenvalue weighted by Crippen LogP contribution is -2.40. The quantitative estimate of drug-likeness (QED) is 0.836. The van der Waals surface area contributed by atoms with Crippen LogP contribution in [-0.2, 0) is 7.05 Å². The Hall–Kier alpha value is -1.52. The first-order valence-electron chi connectivity index (χ1n) is 6.55. The van der Waals surface area contributed by atoms with E-state index in [1.807, 2.05) is 0 Å². The molecule has 1 aliphatic carbocycles. The fourth-order valence-electron chi connectivity index (χ4n) is 3.05. The zero-order valence-corrected chi connectivity index (χ0v) is 11.3. The van der Waals surface area contributed by atoms with Crippen LogP contribution < -0.4 is 11.1 Å². The summed E-state index contributed by atoms with van der Waals surface area (Å²) in [4.78, 5) is 12.2. The molecule has 2 rings (SSSR count). The molecule has 5 heteroatoms. The van der Waals surface area contributed by atoms with Gasteiger partial charge in [-0.25, -0.2) is 0 Å². The van der Waals surface area contributed by atoms with E-state index in [9.17, 15) is 4.79 Å². The Kier molecular flexibility index (Phi) is 3.59. The van der Waals surface area contributed by atoms with Crippen molar-refractivity contribution in [2.45, 2.75) is 39.2 Å². The van der Waals surface area contributed by atoms with Crippen molar-refractivity contribution >= 4 is 11.6 Å². The molecular formula is C13H22N4O.